The van der Waals surface area contributed by atoms with E-state index in [4.69, 9.17) is 4.74 Å². The van der Waals surface area contributed by atoms with Gasteiger partial charge in [-0.25, -0.2) is 8.42 Å². The Balaban J connectivity index is 1.66. The number of piperidine rings is 2. The molecule has 3 heterocycles. The van der Waals surface area contributed by atoms with Crippen LogP contribution in [0.1, 0.15) is 37.5 Å². The zero-order valence-corrected chi connectivity index (χ0v) is 18.1. The highest BCUT2D eigenvalue weighted by Crippen LogP contribution is 2.29. The Morgan fingerprint density at radius 1 is 1.14 bits per heavy atom. The molecule has 9 heteroatoms. The minimum Gasteiger partial charge on any atom is -0.466 e. The van der Waals surface area contributed by atoms with E-state index in [2.05, 4.69) is 0 Å². The standard InChI is InChI=1S/C19H28N2O5S2/c1-3-26-19(23)16-7-4-10-20(12-16)18(22)15-6-5-11-21(13-15)28(24,25)17-9-8-14(2)27-17/h8-9,15-16H,3-7,10-13H2,1-2H3. The third-order valence-electron chi connectivity index (χ3n) is 5.40. The minimum absolute atomic E-state index is 0.0451. The van der Waals surface area contributed by atoms with E-state index in [0.29, 0.717) is 43.3 Å². The van der Waals surface area contributed by atoms with Crippen molar-refractivity contribution in [2.75, 3.05) is 32.8 Å². The second kappa shape index (κ2) is 8.92. The lowest BCUT2D eigenvalue weighted by Gasteiger charge is -2.37. The number of aryl methyl sites for hydroxylation is 1. The molecule has 0 N–H and O–H groups in total. The number of thiophene rings is 1. The van der Waals surface area contributed by atoms with Crippen LogP contribution in [0.2, 0.25) is 0 Å². The highest BCUT2D eigenvalue weighted by atomic mass is 32.2. The van der Waals surface area contributed by atoms with Gasteiger partial charge in [0, 0.05) is 31.1 Å². The van der Waals surface area contributed by atoms with Gasteiger partial charge in [-0.3, -0.25) is 9.59 Å². The maximum absolute atomic E-state index is 13.0. The summed E-state index contributed by atoms with van der Waals surface area (Å²) in [5.74, 6) is -0.933. The third-order valence-corrected chi connectivity index (χ3v) is 8.73. The molecule has 1 amide bonds. The van der Waals surface area contributed by atoms with Crippen molar-refractivity contribution in [1.29, 1.82) is 0 Å². The predicted octanol–water partition coefficient (Wildman–Crippen LogP) is 2.26. The zero-order chi connectivity index (χ0) is 20.3. The average molecular weight is 429 g/mol. The van der Waals surface area contributed by atoms with E-state index in [0.717, 1.165) is 17.7 Å². The summed E-state index contributed by atoms with van der Waals surface area (Å²) in [6.45, 7) is 5.61. The Morgan fingerprint density at radius 3 is 2.54 bits per heavy atom. The van der Waals surface area contributed by atoms with Gasteiger partial charge in [-0.1, -0.05) is 0 Å². The number of rotatable bonds is 5. The molecular weight excluding hydrogens is 400 g/mol. The van der Waals surface area contributed by atoms with Crippen LogP contribution in [0.5, 0.6) is 0 Å². The molecule has 0 spiro atoms. The second-order valence-corrected chi connectivity index (χ2v) is 10.9. The van der Waals surface area contributed by atoms with Gasteiger partial charge in [0.05, 0.1) is 18.4 Å². The van der Waals surface area contributed by atoms with Gasteiger partial charge in [-0.05, 0) is 51.7 Å². The summed E-state index contributed by atoms with van der Waals surface area (Å²) in [6.07, 6.45) is 2.83. The summed E-state index contributed by atoms with van der Waals surface area (Å²) in [5, 5.41) is 0. The van der Waals surface area contributed by atoms with E-state index in [1.807, 2.05) is 6.92 Å². The lowest BCUT2D eigenvalue weighted by Crippen LogP contribution is -2.50. The van der Waals surface area contributed by atoms with Gasteiger partial charge in [0.15, 0.2) is 0 Å². The van der Waals surface area contributed by atoms with E-state index in [-0.39, 0.29) is 30.3 Å². The van der Waals surface area contributed by atoms with Crippen LogP contribution in [-0.4, -0.2) is 62.3 Å². The number of likely N-dealkylation sites (tertiary alicyclic amines) is 1. The van der Waals surface area contributed by atoms with Crippen LogP contribution >= 0.6 is 11.3 Å². The molecule has 28 heavy (non-hydrogen) atoms. The van der Waals surface area contributed by atoms with Crippen molar-refractivity contribution >= 4 is 33.2 Å². The van der Waals surface area contributed by atoms with Crippen molar-refractivity contribution < 1.29 is 22.7 Å². The zero-order valence-electron chi connectivity index (χ0n) is 16.4. The normalized spacial score (nSPS) is 24.1. The fourth-order valence-electron chi connectivity index (χ4n) is 3.93. The summed E-state index contributed by atoms with van der Waals surface area (Å²) < 4.78 is 32.7. The number of hydrogen-bond donors (Lipinski definition) is 0. The van der Waals surface area contributed by atoms with Crippen LogP contribution in [0.4, 0.5) is 0 Å². The second-order valence-electron chi connectivity index (χ2n) is 7.44. The van der Waals surface area contributed by atoms with Gasteiger partial charge >= 0.3 is 5.97 Å². The van der Waals surface area contributed by atoms with Crippen molar-refractivity contribution in [1.82, 2.24) is 9.21 Å². The lowest BCUT2D eigenvalue weighted by atomic mass is 9.94. The Bertz CT molecular complexity index is 820. The molecule has 2 aliphatic heterocycles. The number of carbonyl (C=O) groups is 2. The molecule has 0 aliphatic carbocycles. The monoisotopic (exact) mass is 428 g/mol. The van der Waals surface area contributed by atoms with E-state index in [1.165, 1.54) is 15.6 Å². The molecule has 2 fully saturated rings. The van der Waals surface area contributed by atoms with Gasteiger partial charge in [0.2, 0.25) is 5.91 Å². The lowest BCUT2D eigenvalue weighted by molar-refractivity contribution is -0.152. The molecule has 156 valence electrons. The molecule has 2 aliphatic rings. The van der Waals surface area contributed by atoms with Crippen LogP contribution in [-0.2, 0) is 24.3 Å². The molecule has 3 rings (SSSR count). The molecular formula is C19H28N2O5S2. The molecule has 7 nitrogen and oxygen atoms in total. The summed E-state index contributed by atoms with van der Waals surface area (Å²) in [5.41, 5.74) is 0. The van der Waals surface area contributed by atoms with E-state index in [9.17, 15) is 18.0 Å². The number of hydrogen-bond acceptors (Lipinski definition) is 6. The molecule has 0 saturated carbocycles. The first-order valence-corrected chi connectivity index (χ1v) is 12.1. The number of sulfonamides is 1. The van der Waals surface area contributed by atoms with Gasteiger partial charge in [0.25, 0.3) is 10.0 Å². The first-order chi connectivity index (χ1) is 13.3. The first kappa shape index (κ1) is 21.3. The number of esters is 1. The van der Waals surface area contributed by atoms with Crippen molar-refractivity contribution in [3.8, 4) is 0 Å². The molecule has 2 atom stereocenters. The fraction of sp³-hybridized carbons (Fsp3) is 0.684. The average Bonchev–Trinajstić information content (AvgIpc) is 3.15. The maximum atomic E-state index is 13.0. The SMILES string of the molecule is CCOC(=O)C1CCCN(C(=O)C2CCCN(S(=O)(=O)c3ccc(C)s3)C2)C1. The highest BCUT2D eigenvalue weighted by molar-refractivity contribution is 7.91. The first-order valence-electron chi connectivity index (χ1n) is 9.85. The summed E-state index contributed by atoms with van der Waals surface area (Å²) in [6, 6.07) is 3.43. The molecule has 2 unspecified atom stereocenters. The maximum Gasteiger partial charge on any atom is 0.310 e. The topological polar surface area (TPSA) is 84.0 Å². The van der Waals surface area contributed by atoms with E-state index < -0.39 is 10.0 Å². The minimum atomic E-state index is -3.56. The number of ether oxygens (including phenoxy) is 1. The van der Waals surface area contributed by atoms with Gasteiger partial charge in [-0.15, -0.1) is 11.3 Å². The molecule has 0 bridgehead atoms. The molecule has 0 radical (unpaired) electrons. The number of amides is 1. The highest BCUT2D eigenvalue weighted by Gasteiger charge is 2.37. The van der Waals surface area contributed by atoms with Crippen LogP contribution in [0.3, 0.4) is 0 Å². The largest absolute Gasteiger partial charge is 0.466 e. The van der Waals surface area contributed by atoms with Gasteiger partial charge in [0.1, 0.15) is 4.21 Å². The predicted molar refractivity (Wildman–Crippen MR) is 106 cm³/mol. The smallest absolute Gasteiger partial charge is 0.310 e. The molecule has 0 aromatic carbocycles. The van der Waals surface area contributed by atoms with Crippen LogP contribution < -0.4 is 0 Å². The quantitative estimate of drug-likeness (QED) is 0.672. The number of nitrogens with zero attached hydrogens (tertiary/aromatic N) is 2. The fourth-order valence-corrected chi connectivity index (χ4v) is 6.89. The number of carbonyl (C=O) groups excluding carboxylic acids is 2. The van der Waals surface area contributed by atoms with Crippen LogP contribution in [0.15, 0.2) is 16.3 Å². The van der Waals surface area contributed by atoms with Crippen molar-refractivity contribution in [3.05, 3.63) is 17.0 Å². The van der Waals surface area contributed by atoms with Crippen LogP contribution in [0, 0.1) is 18.8 Å². The summed E-state index contributed by atoms with van der Waals surface area (Å²) in [7, 11) is -3.56. The van der Waals surface area contributed by atoms with Crippen molar-refractivity contribution in [3.63, 3.8) is 0 Å². The molecule has 2 saturated heterocycles. The van der Waals surface area contributed by atoms with E-state index in [1.54, 1.807) is 24.0 Å². The Morgan fingerprint density at radius 2 is 1.86 bits per heavy atom. The van der Waals surface area contributed by atoms with Gasteiger partial charge < -0.3 is 9.64 Å². The Hall–Kier alpha value is -1.45. The van der Waals surface area contributed by atoms with Crippen molar-refractivity contribution in [2.45, 2.75) is 43.7 Å². The third kappa shape index (κ3) is 4.58. The summed E-state index contributed by atoms with van der Waals surface area (Å²) >= 11 is 1.26. The molecule has 1 aromatic rings. The van der Waals surface area contributed by atoms with E-state index >= 15 is 0 Å². The van der Waals surface area contributed by atoms with Crippen LogP contribution in [0.25, 0.3) is 0 Å². The Kier molecular flexibility index (Phi) is 6.77. The van der Waals surface area contributed by atoms with Crippen molar-refractivity contribution in [2.24, 2.45) is 11.8 Å². The summed E-state index contributed by atoms with van der Waals surface area (Å²) in [4.78, 5) is 27.8. The molecule has 1 aromatic heterocycles. The Labute approximate surface area is 170 Å². The van der Waals surface area contributed by atoms with Gasteiger partial charge in [-0.2, -0.15) is 4.31 Å².